The molecule has 1 amide bonds. The van der Waals surface area contributed by atoms with Gasteiger partial charge < -0.3 is 15.4 Å². The first-order valence-electron chi connectivity index (χ1n) is 4.06. The Morgan fingerprint density at radius 3 is 2.64 bits per heavy atom. The molecule has 1 rings (SSSR count). The summed E-state index contributed by atoms with van der Waals surface area (Å²) in [5.74, 6) is -1.92. The molecule has 1 aliphatic heterocycles. The zero-order valence-corrected chi connectivity index (χ0v) is 7.52. The van der Waals surface area contributed by atoms with Gasteiger partial charge in [-0.2, -0.15) is 13.2 Å². The third kappa shape index (κ3) is 2.58. The van der Waals surface area contributed by atoms with Gasteiger partial charge in [0.15, 0.2) is 0 Å². The lowest BCUT2D eigenvalue weighted by atomic mass is 10.2. The van der Waals surface area contributed by atoms with Crippen molar-refractivity contribution < 1.29 is 22.7 Å². The second kappa shape index (κ2) is 4.14. The van der Waals surface area contributed by atoms with E-state index in [9.17, 15) is 18.0 Å². The monoisotopic (exact) mass is 212 g/mol. The summed E-state index contributed by atoms with van der Waals surface area (Å²) in [6.07, 6.45) is -5.23. The summed E-state index contributed by atoms with van der Waals surface area (Å²) in [6, 6.07) is -0.617. The Balaban J connectivity index is 2.48. The molecule has 4 nitrogen and oxygen atoms in total. The minimum Gasteiger partial charge on any atom is -0.378 e. The molecular weight excluding hydrogens is 201 g/mol. The first-order valence-corrected chi connectivity index (χ1v) is 4.06. The first kappa shape index (κ1) is 11.3. The van der Waals surface area contributed by atoms with Crippen molar-refractivity contribution in [1.82, 2.24) is 10.6 Å². The van der Waals surface area contributed by atoms with Gasteiger partial charge in [-0.1, -0.05) is 0 Å². The molecule has 0 bridgehead atoms. The standard InChI is InChI=1S/C7H11F3N2O2/c1-14-5-3-11-2-4(5)12-6(13)7(8,9)10/h4-5,11H,2-3H2,1H3,(H,12,13)/t4-,5+/m0/s1. The van der Waals surface area contributed by atoms with Crippen LogP contribution in [0.25, 0.3) is 0 Å². The third-order valence-electron chi connectivity index (χ3n) is 2.04. The van der Waals surface area contributed by atoms with Crippen molar-refractivity contribution in [3.05, 3.63) is 0 Å². The second-order valence-corrected chi connectivity index (χ2v) is 3.01. The van der Waals surface area contributed by atoms with Crippen molar-refractivity contribution in [1.29, 1.82) is 0 Å². The largest absolute Gasteiger partial charge is 0.471 e. The number of hydrogen-bond donors (Lipinski definition) is 2. The van der Waals surface area contributed by atoms with Gasteiger partial charge in [-0.3, -0.25) is 4.79 Å². The molecule has 1 heterocycles. The number of hydrogen-bond acceptors (Lipinski definition) is 3. The fraction of sp³-hybridized carbons (Fsp3) is 0.857. The number of alkyl halides is 3. The van der Waals surface area contributed by atoms with Crippen LogP contribution in [-0.2, 0) is 9.53 Å². The van der Waals surface area contributed by atoms with Gasteiger partial charge in [-0.25, -0.2) is 0 Å². The fourth-order valence-electron chi connectivity index (χ4n) is 1.30. The number of rotatable bonds is 2. The Morgan fingerprint density at radius 1 is 1.50 bits per heavy atom. The lowest BCUT2D eigenvalue weighted by Crippen LogP contribution is -2.48. The summed E-state index contributed by atoms with van der Waals surface area (Å²) >= 11 is 0. The summed E-state index contributed by atoms with van der Waals surface area (Å²) in [4.78, 5) is 10.6. The number of nitrogens with one attached hydrogen (secondary N) is 2. The van der Waals surface area contributed by atoms with Crippen molar-refractivity contribution in [3.63, 3.8) is 0 Å². The van der Waals surface area contributed by atoms with Crippen LogP contribution in [0.5, 0.6) is 0 Å². The Kier molecular flexibility index (Phi) is 3.33. The Hall–Kier alpha value is -0.820. The molecule has 0 saturated carbocycles. The second-order valence-electron chi connectivity index (χ2n) is 3.01. The van der Waals surface area contributed by atoms with Crippen molar-refractivity contribution in [3.8, 4) is 0 Å². The highest BCUT2D eigenvalue weighted by molar-refractivity contribution is 5.82. The van der Waals surface area contributed by atoms with Gasteiger partial charge in [0.1, 0.15) is 0 Å². The van der Waals surface area contributed by atoms with Crippen LogP contribution >= 0.6 is 0 Å². The molecule has 0 unspecified atom stereocenters. The lowest BCUT2D eigenvalue weighted by molar-refractivity contribution is -0.174. The van der Waals surface area contributed by atoms with E-state index >= 15 is 0 Å². The van der Waals surface area contributed by atoms with E-state index in [0.29, 0.717) is 13.1 Å². The maximum Gasteiger partial charge on any atom is 0.471 e. The van der Waals surface area contributed by atoms with Crippen LogP contribution < -0.4 is 10.6 Å². The molecule has 1 fully saturated rings. The maximum absolute atomic E-state index is 11.9. The Morgan fingerprint density at radius 2 is 2.14 bits per heavy atom. The molecule has 2 N–H and O–H groups in total. The summed E-state index contributed by atoms with van der Waals surface area (Å²) < 4.78 is 40.5. The van der Waals surface area contributed by atoms with Crippen molar-refractivity contribution >= 4 is 5.91 Å². The molecule has 82 valence electrons. The normalized spacial score (nSPS) is 27.7. The highest BCUT2D eigenvalue weighted by Crippen LogP contribution is 2.15. The fourth-order valence-corrected chi connectivity index (χ4v) is 1.30. The summed E-state index contributed by atoms with van der Waals surface area (Å²) in [7, 11) is 1.39. The van der Waals surface area contributed by atoms with Gasteiger partial charge in [-0.15, -0.1) is 0 Å². The molecule has 0 aromatic rings. The quantitative estimate of drug-likeness (QED) is 0.658. The van der Waals surface area contributed by atoms with Gasteiger partial charge in [0.2, 0.25) is 0 Å². The number of carbonyl (C=O) groups is 1. The predicted octanol–water partition coefficient (Wildman–Crippen LogP) is -0.348. The highest BCUT2D eigenvalue weighted by Gasteiger charge is 2.41. The molecule has 0 aliphatic carbocycles. The minimum atomic E-state index is -4.83. The zero-order valence-electron chi connectivity index (χ0n) is 7.52. The summed E-state index contributed by atoms with van der Waals surface area (Å²) in [5.41, 5.74) is 0. The number of halogens is 3. The van der Waals surface area contributed by atoms with Crippen molar-refractivity contribution in [2.75, 3.05) is 20.2 Å². The molecule has 2 atom stereocenters. The Bertz CT molecular complexity index is 219. The van der Waals surface area contributed by atoms with Crippen LogP contribution in [0.15, 0.2) is 0 Å². The van der Waals surface area contributed by atoms with Crippen LogP contribution in [0.2, 0.25) is 0 Å². The van der Waals surface area contributed by atoms with Crippen molar-refractivity contribution in [2.24, 2.45) is 0 Å². The van der Waals surface area contributed by atoms with Crippen molar-refractivity contribution in [2.45, 2.75) is 18.3 Å². The number of ether oxygens (including phenoxy) is 1. The minimum absolute atomic E-state index is 0.292. The highest BCUT2D eigenvalue weighted by atomic mass is 19.4. The smallest absolute Gasteiger partial charge is 0.378 e. The van der Waals surface area contributed by atoms with E-state index in [-0.39, 0.29) is 0 Å². The molecule has 0 spiro atoms. The van der Waals surface area contributed by atoms with E-state index < -0.39 is 24.2 Å². The van der Waals surface area contributed by atoms with E-state index in [1.807, 2.05) is 5.32 Å². The van der Waals surface area contributed by atoms with Crippen LogP contribution in [0.1, 0.15) is 0 Å². The van der Waals surface area contributed by atoms with Gasteiger partial charge >= 0.3 is 12.1 Å². The average Bonchev–Trinajstić information content (AvgIpc) is 2.50. The molecule has 0 aromatic carbocycles. The van der Waals surface area contributed by atoms with Crippen LogP contribution in [0, 0.1) is 0 Å². The molecule has 7 heteroatoms. The van der Waals surface area contributed by atoms with Gasteiger partial charge in [-0.05, 0) is 0 Å². The molecule has 1 saturated heterocycles. The molecule has 0 aromatic heterocycles. The van der Waals surface area contributed by atoms with Crippen LogP contribution in [0.4, 0.5) is 13.2 Å². The topological polar surface area (TPSA) is 50.4 Å². The lowest BCUT2D eigenvalue weighted by Gasteiger charge is -2.19. The van der Waals surface area contributed by atoms with Gasteiger partial charge in [0.25, 0.3) is 0 Å². The predicted molar refractivity (Wildman–Crippen MR) is 41.7 cm³/mol. The van der Waals surface area contributed by atoms with Crippen LogP contribution in [-0.4, -0.2) is 44.4 Å². The van der Waals surface area contributed by atoms with E-state index in [0.717, 1.165) is 0 Å². The molecule has 1 aliphatic rings. The van der Waals surface area contributed by atoms with Crippen LogP contribution in [0.3, 0.4) is 0 Å². The van der Waals surface area contributed by atoms with E-state index in [1.54, 1.807) is 0 Å². The molecule has 0 radical (unpaired) electrons. The maximum atomic E-state index is 11.9. The zero-order chi connectivity index (χ0) is 10.8. The average molecular weight is 212 g/mol. The summed E-state index contributed by atoms with van der Waals surface area (Å²) in [6.45, 7) is 0.736. The van der Waals surface area contributed by atoms with E-state index in [2.05, 4.69) is 5.32 Å². The number of methoxy groups -OCH3 is 1. The number of carbonyl (C=O) groups excluding carboxylic acids is 1. The third-order valence-corrected chi connectivity index (χ3v) is 2.04. The molecular formula is C7H11F3N2O2. The summed E-state index contributed by atoms with van der Waals surface area (Å²) in [5, 5.41) is 4.69. The SMILES string of the molecule is CO[C@@H]1CNC[C@@H]1NC(=O)C(F)(F)F. The van der Waals surface area contributed by atoms with E-state index in [1.165, 1.54) is 7.11 Å². The Labute approximate surface area is 78.8 Å². The van der Waals surface area contributed by atoms with Gasteiger partial charge in [0.05, 0.1) is 12.1 Å². The molecule has 14 heavy (non-hydrogen) atoms. The number of amides is 1. The van der Waals surface area contributed by atoms with E-state index in [4.69, 9.17) is 4.74 Å². The first-order chi connectivity index (χ1) is 6.45. The van der Waals surface area contributed by atoms with Gasteiger partial charge in [0, 0.05) is 20.2 Å².